The molecule has 11 nitrogen and oxygen atoms in total. The highest BCUT2D eigenvalue weighted by molar-refractivity contribution is 6.14. The number of imide groups is 1. The molecule has 0 atom stereocenters. The number of nitriles is 1. The Morgan fingerprint density at radius 1 is 1.20 bits per heavy atom. The molecular formula is C19H15N9O2. The Balaban J connectivity index is 1.55. The largest absolute Gasteiger partial charge is 0.367 e. The average molecular weight is 401 g/mol. The van der Waals surface area contributed by atoms with Crippen LogP contribution < -0.4 is 21.3 Å². The van der Waals surface area contributed by atoms with Crippen LogP contribution in [0.1, 0.15) is 24.0 Å². The van der Waals surface area contributed by atoms with Crippen molar-refractivity contribution in [3.8, 4) is 6.07 Å². The Hall–Kier alpha value is -4.46. The Bertz CT molecular complexity index is 1250. The van der Waals surface area contributed by atoms with E-state index in [0.29, 0.717) is 34.5 Å². The van der Waals surface area contributed by atoms with Crippen molar-refractivity contribution in [3.05, 3.63) is 47.4 Å². The van der Waals surface area contributed by atoms with Crippen molar-refractivity contribution < 1.29 is 9.59 Å². The Morgan fingerprint density at radius 3 is 2.73 bits per heavy atom. The summed E-state index contributed by atoms with van der Waals surface area (Å²) in [6.07, 6.45) is 6.73. The summed E-state index contributed by atoms with van der Waals surface area (Å²) in [6.45, 7) is 0. The number of nitrogens with one attached hydrogen (secondary N) is 4. The monoisotopic (exact) mass is 401 g/mol. The molecule has 4 heterocycles. The summed E-state index contributed by atoms with van der Waals surface area (Å²) in [7, 11) is 0. The van der Waals surface area contributed by atoms with Crippen LogP contribution in [0.2, 0.25) is 0 Å². The van der Waals surface area contributed by atoms with Crippen LogP contribution in [0.15, 0.2) is 36.3 Å². The van der Waals surface area contributed by atoms with E-state index >= 15 is 0 Å². The zero-order chi connectivity index (χ0) is 20.7. The molecule has 1 saturated heterocycles. The van der Waals surface area contributed by atoms with E-state index in [-0.39, 0.29) is 5.70 Å². The van der Waals surface area contributed by atoms with Gasteiger partial charge in [0.1, 0.15) is 29.2 Å². The first kappa shape index (κ1) is 17.6. The molecule has 0 bridgehead atoms. The number of aromatic nitrogens is 4. The van der Waals surface area contributed by atoms with E-state index in [2.05, 4.69) is 36.3 Å². The Labute approximate surface area is 169 Å². The van der Waals surface area contributed by atoms with Crippen LogP contribution in [-0.4, -0.2) is 37.6 Å². The number of amides is 3. The molecule has 3 amide bonds. The van der Waals surface area contributed by atoms with Gasteiger partial charge < -0.3 is 16.0 Å². The molecule has 0 aromatic carbocycles. The highest BCUT2D eigenvalue weighted by Gasteiger charge is 2.25. The highest BCUT2D eigenvalue weighted by atomic mass is 16.2. The standard InChI is InChI=1S/C19H15N9O2/c20-7-10-1-4-14(21-8-10)25-15-6-16(23-12-2-3-12)28-17(26-15)11(9-22-28)5-13-18(29)27-19(30)24-13/h1,4-6,8-9,12,23H,2-3H2,(H,21,25,26)(H2,24,27,29,30)/b13-5-. The van der Waals surface area contributed by atoms with Crippen molar-refractivity contribution in [2.75, 3.05) is 10.6 Å². The van der Waals surface area contributed by atoms with Crippen molar-refractivity contribution in [3.63, 3.8) is 0 Å². The third-order valence-electron chi connectivity index (χ3n) is 4.60. The van der Waals surface area contributed by atoms with E-state index in [1.807, 2.05) is 12.1 Å². The first-order chi connectivity index (χ1) is 14.6. The van der Waals surface area contributed by atoms with Gasteiger partial charge in [0.05, 0.1) is 11.8 Å². The molecular weight excluding hydrogens is 386 g/mol. The molecule has 5 rings (SSSR count). The van der Waals surface area contributed by atoms with Gasteiger partial charge in [0.25, 0.3) is 5.91 Å². The van der Waals surface area contributed by atoms with Gasteiger partial charge in [-0.3, -0.25) is 10.1 Å². The summed E-state index contributed by atoms with van der Waals surface area (Å²) in [5.41, 5.74) is 1.65. The Morgan fingerprint density at radius 2 is 2.07 bits per heavy atom. The van der Waals surface area contributed by atoms with Crippen LogP contribution in [0.3, 0.4) is 0 Å². The second-order valence-electron chi connectivity index (χ2n) is 6.92. The lowest BCUT2D eigenvalue weighted by Crippen LogP contribution is -2.22. The molecule has 2 fully saturated rings. The number of pyridine rings is 1. The van der Waals surface area contributed by atoms with Gasteiger partial charge in [-0.2, -0.15) is 14.9 Å². The van der Waals surface area contributed by atoms with Crippen molar-refractivity contribution in [1.29, 1.82) is 5.26 Å². The van der Waals surface area contributed by atoms with Gasteiger partial charge in [-0.05, 0) is 31.1 Å². The number of urea groups is 1. The zero-order valence-electron chi connectivity index (χ0n) is 15.5. The minimum absolute atomic E-state index is 0.125. The fourth-order valence-electron chi connectivity index (χ4n) is 2.99. The number of hydrogen-bond donors (Lipinski definition) is 4. The maximum absolute atomic E-state index is 11.9. The van der Waals surface area contributed by atoms with Crippen molar-refractivity contribution in [2.45, 2.75) is 18.9 Å². The highest BCUT2D eigenvalue weighted by Crippen LogP contribution is 2.28. The van der Waals surface area contributed by atoms with Gasteiger partial charge in [-0.25, -0.2) is 14.8 Å². The molecule has 0 spiro atoms. The predicted octanol–water partition coefficient (Wildman–Crippen LogP) is 1.49. The summed E-state index contributed by atoms with van der Waals surface area (Å²) in [5, 5.41) is 24.5. The summed E-state index contributed by atoms with van der Waals surface area (Å²) in [4.78, 5) is 32.0. The molecule has 3 aromatic rings. The second kappa shape index (κ2) is 6.85. The molecule has 0 radical (unpaired) electrons. The number of hydrogen-bond acceptors (Lipinski definition) is 8. The molecule has 1 saturated carbocycles. The van der Waals surface area contributed by atoms with Crippen LogP contribution in [0.25, 0.3) is 11.7 Å². The SMILES string of the molecule is N#Cc1ccc(Nc2cc(NC3CC3)n3ncc(/C=C4\NC(=O)NC4=O)c3n2)nc1. The fraction of sp³-hybridized carbons (Fsp3) is 0.158. The predicted molar refractivity (Wildman–Crippen MR) is 107 cm³/mol. The lowest BCUT2D eigenvalue weighted by Gasteiger charge is -2.11. The lowest BCUT2D eigenvalue weighted by molar-refractivity contribution is -0.115. The normalized spacial score (nSPS) is 17.0. The average Bonchev–Trinajstić information content (AvgIpc) is 3.37. The fourth-order valence-corrected chi connectivity index (χ4v) is 2.99. The number of anilines is 3. The van der Waals surface area contributed by atoms with Gasteiger partial charge in [-0.1, -0.05) is 0 Å². The topological polar surface area (TPSA) is 149 Å². The van der Waals surface area contributed by atoms with Crippen LogP contribution in [-0.2, 0) is 4.79 Å². The van der Waals surface area contributed by atoms with Crippen LogP contribution in [0, 0.1) is 11.3 Å². The number of carbonyl (C=O) groups excluding carboxylic acids is 2. The molecule has 148 valence electrons. The molecule has 30 heavy (non-hydrogen) atoms. The van der Waals surface area contributed by atoms with E-state index < -0.39 is 11.9 Å². The van der Waals surface area contributed by atoms with E-state index in [9.17, 15) is 9.59 Å². The van der Waals surface area contributed by atoms with Gasteiger partial charge in [-0.15, -0.1) is 0 Å². The summed E-state index contributed by atoms with van der Waals surface area (Å²) in [5.74, 6) is 1.28. The lowest BCUT2D eigenvalue weighted by atomic mass is 10.2. The van der Waals surface area contributed by atoms with E-state index in [0.717, 1.165) is 18.7 Å². The zero-order valence-corrected chi connectivity index (χ0v) is 15.5. The van der Waals surface area contributed by atoms with Crippen LogP contribution in [0.5, 0.6) is 0 Å². The Kier molecular flexibility index (Phi) is 4.03. The van der Waals surface area contributed by atoms with Crippen molar-refractivity contribution in [1.82, 2.24) is 30.2 Å². The number of carbonyl (C=O) groups is 2. The van der Waals surface area contributed by atoms with E-state index in [4.69, 9.17) is 5.26 Å². The quantitative estimate of drug-likeness (QED) is 0.371. The molecule has 1 aliphatic heterocycles. The first-order valence-electron chi connectivity index (χ1n) is 9.21. The van der Waals surface area contributed by atoms with Crippen LogP contribution in [0.4, 0.5) is 22.2 Å². The number of fused-ring (bicyclic) bond motifs is 1. The smallest absolute Gasteiger partial charge is 0.326 e. The molecule has 0 unspecified atom stereocenters. The number of rotatable bonds is 5. The maximum atomic E-state index is 11.9. The molecule has 3 aromatic heterocycles. The van der Waals surface area contributed by atoms with Gasteiger partial charge in [0.2, 0.25) is 0 Å². The van der Waals surface area contributed by atoms with Gasteiger partial charge in [0, 0.05) is 23.9 Å². The van der Waals surface area contributed by atoms with Gasteiger partial charge in [0.15, 0.2) is 5.65 Å². The maximum Gasteiger partial charge on any atom is 0.326 e. The minimum atomic E-state index is -0.569. The van der Waals surface area contributed by atoms with E-state index in [1.54, 1.807) is 22.8 Å². The van der Waals surface area contributed by atoms with E-state index in [1.165, 1.54) is 12.3 Å². The third kappa shape index (κ3) is 3.37. The van der Waals surface area contributed by atoms with Gasteiger partial charge >= 0.3 is 6.03 Å². The van der Waals surface area contributed by atoms with Crippen molar-refractivity contribution >= 4 is 41.1 Å². The van der Waals surface area contributed by atoms with Crippen molar-refractivity contribution in [2.24, 2.45) is 0 Å². The minimum Gasteiger partial charge on any atom is -0.367 e. The number of nitrogens with zero attached hydrogens (tertiary/aromatic N) is 5. The third-order valence-corrected chi connectivity index (χ3v) is 4.60. The summed E-state index contributed by atoms with van der Waals surface area (Å²) in [6, 6.07) is 7.01. The molecule has 4 N–H and O–H groups in total. The van der Waals surface area contributed by atoms with Crippen LogP contribution >= 0.6 is 0 Å². The second-order valence-corrected chi connectivity index (χ2v) is 6.92. The molecule has 1 aliphatic carbocycles. The first-order valence-corrected chi connectivity index (χ1v) is 9.21. The summed E-state index contributed by atoms with van der Waals surface area (Å²) >= 11 is 0. The molecule has 11 heteroatoms. The molecule has 2 aliphatic rings. The summed E-state index contributed by atoms with van der Waals surface area (Å²) < 4.78 is 1.65.